The molecular weight excluding hydrogens is 368 g/mol. The molecular formula is C19H18N2O5S. The summed E-state index contributed by atoms with van der Waals surface area (Å²) in [4.78, 5) is 15.9. The Kier molecular flexibility index (Phi) is 5.11. The molecule has 8 heteroatoms. The van der Waals surface area contributed by atoms with Crippen molar-refractivity contribution in [1.82, 2.24) is 4.98 Å². The zero-order chi connectivity index (χ0) is 19.6. The number of nitrogens with two attached hydrogens (primary N) is 1. The maximum atomic E-state index is 11.5. The predicted octanol–water partition coefficient (Wildman–Crippen LogP) is 3.23. The number of rotatable bonds is 6. The summed E-state index contributed by atoms with van der Waals surface area (Å²) in [7, 11) is -3.81. The molecule has 2 aromatic carbocycles. The maximum Gasteiger partial charge on any atom is 0.315 e. The lowest BCUT2D eigenvalue weighted by Crippen LogP contribution is -2.11. The second-order valence-corrected chi connectivity index (χ2v) is 7.53. The Labute approximate surface area is 156 Å². The Hall–Kier alpha value is -2.97. The molecule has 0 fully saturated rings. The van der Waals surface area contributed by atoms with E-state index in [2.05, 4.69) is 4.98 Å². The maximum absolute atomic E-state index is 11.5. The van der Waals surface area contributed by atoms with Crippen molar-refractivity contribution >= 4 is 16.0 Å². The van der Waals surface area contributed by atoms with Gasteiger partial charge in [0, 0.05) is 11.1 Å². The van der Waals surface area contributed by atoms with Crippen LogP contribution in [0.3, 0.4) is 0 Å². The number of hydrogen-bond donors (Lipinski definition) is 2. The highest BCUT2D eigenvalue weighted by molar-refractivity contribution is 7.89. The van der Waals surface area contributed by atoms with E-state index in [0.29, 0.717) is 23.4 Å². The van der Waals surface area contributed by atoms with Crippen molar-refractivity contribution in [2.75, 3.05) is 0 Å². The molecule has 0 saturated carbocycles. The van der Waals surface area contributed by atoms with Gasteiger partial charge < -0.3 is 9.52 Å². The van der Waals surface area contributed by atoms with Crippen LogP contribution in [0.5, 0.6) is 0 Å². The smallest absolute Gasteiger partial charge is 0.315 e. The van der Waals surface area contributed by atoms with E-state index in [1.807, 2.05) is 30.3 Å². The topological polar surface area (TPSA) is 123 Å². The van der Waals surface area contributed by atoms with E-state index in [9.17, 15) is 18.3 Å². The van der Waals surface area contributed by atoms with Crippen LogP contribution in [0.2, 0.25) is 0 Å². The molecule has 7 nitrogen and oxygen atoms in total. The summed E-state index contributed by atoms with van der Waals surface area (Å²) in [5.41, 5.74) is 1.77. The highest BCUT2D eigenvalue weighted by Gasteiger charge is 2.27. The van der Waals surface area contributed by atoms with Gasteiger partial charge in [0.05, 0.1) is 4.90 Å². The van der Waals surface area contributed by atoms with Crippen LogP contribution in [0.15, 0.2) is 63.9 Å². The number of benzene rings is 2. The molecule has 1 atom stereocenters. The molecule has 1 heterocycles. The van der Waals surface area contributed by atoms with Crippen LogP contribution in [0.25, 0.3) is 22.6 Å². The summed E-state index contributed by atoms with van der Waals surface area (Å²) in [5, 5.41) is 14.5. The Morgan fingerprint density at radius 1 is 1.11 bits per heavy atom. The van der Waals surface area contributed by atoms with Gasteiger partial charge in [0.15, 0.2) is 5.76 Å². The number of hydrogen-bond acceptors (Lipinski definition) is 5. The van der Waals surface area contributed by atoms with Gasteiger partial charge in [-0.05, 0) is 18.6 Å². The molecule has 3 aromatic rings. The molecule has 0 bridgehead atoms. The van der Waals surface area contributed by atoms with Crippen LogP contribution >= 0.6 is 0 Å². The lowest BCUT2D eigenvalue weighted by Gasteiger charge is -2.03. The Bertz CT molecular complexity index is 1060. The van der Waals surface area contributed by atoms with Gasteiger partial charge >= 0.3 is 5.97 Å². The third-order valence-electron chi connectivity index (χ3n) is 4.14. The summed E-state index contributed by atoms with van der Waals surface area (Å²) < 4.78 is 28.7. The summed E-state index contributed by atoms with van der Waals surface area (Å²) >= 11 is 0. The molecule has 0 radical (unpaired) electrons. The van der Waals surface area contributed by atoms with Crippen LogP contribution in [0, 0.1) is 0 Å². The van der Waals surface area contributed by atoms with E-state index >= 15 is 0 Å². The van der Waals surface area contributed by atoms with Crippen LogP contribution in [-0.2, 0) is 14.8 Å². The van der Waals surface area contributed by atoms with Gasteiger partial charge in [-0.15, -0.1) is 0 Å². The van der Waals surface area contributed by atoms with Gasteiger partial charge in [-0.1, -0.05) is 49.4 Å². The fourth-order valence-electron chi connectivity index (χ4n) is 2.72. The Balaban J connectivity index is 2.15. The number of sulfonamides is 1. The fourth-order valence-corrected chi connectivity index (χ4v) is 3.24. The highest BCUT2D eigenvalue weighted by Crippen LogP contribution is 2.35. The minimum absolute atomic E-state index is 0.0202. The zero-order valence-corrected chi connectivity index (χ0v) is 15.3. The van der Waals surface area contributed by atoms with Gasteiger partial charge in [0.25, 0.3) is 0 Å². The normalized spacial score (nSPS) is 12.7. The Morgan fingerprint density at radius 2 is 1.74 bits per heavy atom. The molecule has 0 spiro atoms. The van der Waals surface area contributed by atoms with E-state index in [1.165, 1.54) is 12.1 Å². The fraction of sp³-hybridized carbons (Fsp3) is 0.158. The molecule has 0 aliphatic carbocycles. The molecule has 27 heavy (non-hydrogen) atoms. The number of carbonyl (C=O) groups is 1. The molecule has 0 aliphatic rings. The summed E-state index contributed by atoms with van der Waals surface area (Å²) in [6.45, 7) is 1.74. The number of carboxylic acids is 1. The van der Waals surface area contributed by atoms with Crippen molar-refractivity contribution in [3.8, 4) is 22.6 Å². The van der Waals surface area contributed by atoms with E-state index in [0.717, 1.165) is 5.56 Å². The highest BCUT2D eigenvalue weighted by atomic mass is 32.2. The summed E-state index contributed by atoms with van der Waals surface area (Å²) in [5.74, 6) is -1.36. The monoisotopic (exact) mass is 386 g/mol. The SMILES string of the molecule is CCC(C(=O)O)c1nc(-c2ccc(S(N)(=O)=O)cc2)c(-c2ccccc2)o1. The first-order valence-corrected chi connectivity index (χ1v) is 9.78. The number of nitrogens with zero attached hydrogens (tertiary/aromatic N) is 1. The molecule has 1 aromatic heterocycles. The van der Waals surface area contributed by atoms with E-state index in [1.54, 1.807) is 19.1 Å². The second kappa shape index (κ2) is 7.34. The van der Waals surface area contributed by atoms with Crippen molar-refractivity contribution in [1.29, 1.82) is 0 Å². The lowest BCUT2D eigenvalue weighted by atomic mass is 10.1. The number of aliphatic carboxylic acids is 1. The van der Waals surface area contributed by atoms with Gasteiger partial charge in [-0.3, -0.25) is 4.79 Å². The van der Waals surface area contributed by atoms with Crippen LogP contribution in [0.4, 0.5) is 0 Å². The van der Waals surface area contributed by atoms with Crippen molar-refractivity contribution in [3.05, 3.63) is 60.5 Å². The van der Waals surface area contributed by atoms with Gasteiger partial charge in [-0.2, -0.15) is 0 Å². The van der Waals surface area contributed by atoms with Gasteiger partial charge in [0.2, 0.25) is 15.9 Å². The van der Waals surface area contributed by atoms with Crippen LogP contribution in [0.1, 0.15) is 25.2 Å². The number of aromatic nitrogens is 1. The first-order chi connectivity index (χ1) is 12.8. The van der Waals surface area contributed by atoms with Crippen LogP contribution in [-0.4, -0.2) is 24.5 Å². The largest absolute Gasteiger partial charge is 0.481 e. The molecule has 0 aliphatic heterocycles. The number of oxazole rings is 1. The summed E-state index contributed by atoms with van der Waals surface area (Å²) in [6.07, 6.45) is 0.327. The quantitative estimate of drug-likeness (QED) is 0.670. The predicted molar refractivity (Wildman–Crippen MR) is 99.4 cm³/mol. The molecule has 3 N–H and O–H groups in total. The van der Waals surface area contributed by atoms with Gasteiger partial charge in [-0.25, -0.2) is 18.5 Å². The Morgan fingerprint density at radius 3 is 2.26 bits per heavy atom. The third kappa shape index (κ3) is 3.91. The molecule has 3 rings (SSSR count). The van der Waals surface area contributed by atoms with Crippen LogP contribution < -0.4 is 5.14 Å². The first-order valence-electron chi connectivity index (χ1n) is 8.23. The average Bonchev–Trinajstić information content (AvgIpc) is 3.07. The third-order valence-corrected chi connectivity index (χ3v) is 5.07. The standard InChI is InChI=1S/C19H18N2O5S/c1-2-15(19(22)23)18-21-16(17(26-18)13-6-4-3-5-7-13)12-8-10-14(11-9-12)27(20,24)25/h3-11,15H,2H2,1H3,(H,22,23)(H2,20,24,25). The van der Waals surface area contributed by atoms with Gasteiger partial charge in [0.1, 0.15) is 11.6 Å². The summed E-state index contributed by atoms with van der Waals surface area (Å²) in [6, 6.07) is 15.1. The zero-order valence-electron chi connectivity index (χ0n) is 14.5. The minimum Gasteiger partial charge on any atom is -0.481 e. The average molecular weight is 386 g/mol. The van der Waals surface area contributed by atoms with Crippen molar-refractivity contribution in [2.24, 2.45) is 5.14 Å². The molecule has 0 amide bonds. The van der Waals surface area contributed by atoms with E-state index < -0.39 is 21.9 Å². The second-order valence-electron chi connectivity index (χ2n) is 5.96. The minimum atomic E-state index is -3.81. The number of primary sulfonamides is 1. The first kappa shape index (κ1) is 18.8. The van der Waals surface area contributed by atoms with E-state index in [4.69, 9.17) is 9.56 Å². The van der Waals surface area contributed by atoms with E-state index in [-0.39, 0.29) is 10.8 Å². The molecule has 140 valence electrons. The molecule has 0 saturated heterocycles. The van der Waals surface area contributed by atoms with Crippen molar-refractivity contribution < 1.29 is 22.7 Å². The van der Waals surface area contributed by atoms with Crippen molar-refractivity contribution in [3.63, 3.8) is 0 Å². The lowest BCUT2D eigenvalue weighted by molar-refractivity contribution is -0.139. The molecule has 1 unspecified atom stereocenters. The van der Waals surface area contributed by atoms with Crippen molar-refractivity contribution in [2.45, 2.75) is 24.2 Å². The number of carboxylic acid groups (broad SMARTS) is 1.